The summed E-state index contributed by atoms with van der Waals surface area (Å²) in [4.78, 5) is 49.4. The SMILES string of the molecule is CC(C)CC(NC(=O)C(CC(C)C)NC(=O)C(C)NC(=O)C(N)Cc1ccccc1)C(=O)O. The van der Waals surface area contributed by atoms with Gasteiger partial charge in [0, 0.05) is 0 Å². The van der Waals surface area contributed by atoms with Crippen LogP contribution < -0.4 is 21.7 Å². The zero-order chi connectivity index (χ0) is 25.1. The molecule has 0 aliphatic heterocycles. The first-order chi connectivity index (χ1) is 15.4. The van der Waals surface area contributed by atoms with Gasteiger partial charge in [0.25, 0.3) is 0 Å². The Bertz CT molecular complexity index is 797. The number of hydrogen-bond acceptors (Lipinski definition) is 5. The quantitative estimate of drug-likeness (QED) is 0.297. The molecule has 0 bridgehead atoms. The van der Waals surface area contributed by atoms with E-state index in [-0.39, 0.29) is 18.3 Å². The van der Waals surface area contributed by atoms with Gasteiger partial charge in [-0.2, -0.15) is 0 Å². The third-order valence-electron chi connectivity index (χ3n) is 5.05. The summed E-state index contributed by atoms with van der Waals surface area (Å²) in [5, 5.41) is 17.1. The maximum Gasteiger partial charge on any atom is 0.326 e. The molecule has 6 N–H and O–H groups in total. The molecule has 1 aromatic carbocycles. The second-order valence-corrected chi connectivity index (χ2v) is 9.25. The minimum atomic E-state index is -1.13. The number of carboxylic acids is 1. The lowest BCUT2D eigenvalue weighted by atomic mass is 10.0. The van der Waals surface area contributed by atoms with E-state index in [1.165, 1.54) is 6.92 Å². The van der Waals surface area contributed by atoms with E-state index in [9.17, 15) is 24.3 Å². The van der Waals surface area contributed by atoms with Crippen LogP contribution in [0.5, 0.6) is 0 Å². The topological polar surface area (TPSA) is 151 Å². The number of nitrogens with one attached hydrogen (secondary N) is 3. The first-order valence-electron chi connectivity index (χ1n) is 11.3. The molecule has 184 valence electrons. The molecule has 3 amide bonds. The molecular weight excluding hydrogens is 424 g/mol. The van der Waals surface area contributed by atoms with Crippen molar-refractivity contribution in [2.75, 3.05) is 0 Å². The van der Waals surface area contributed by atoms with Crippen LogP contribution >= 0.6 is 0 Å². The highest BCUT2D eigenvalue weighted by atomic mass is 16.4. The molecule has 0 aliphatic rings. The average Bonchev–Trinajstić information content (AvgIpc) is 2.72. The van der Waals surface area contributed by atoms with Crippen LogP contribution in [-0.4, -0.2) is 53.0 Å². The highest BCUT2D eigenvalue weighted by Crippen LogP contribution is 2.09. The Morgan fingerprint density at radius 2 is 1.30 bits per heavy atom. The fraction of sp³-hybridized carbons (Fsp3) is 0.583. The second kappa shape index (κ2) is 13.6. The minimum absolute atomic E-state index is 0.0682. The van der Waals surface area contributed by atoms with E-state index in [0.29, 0.717) is 12.8 Å². The van der Waals surface area contributed by atoms with Crippen molar-refractivity contribution >= 4 is 23.7 Å². The van der Waals surface area contributed by atoms with E-state index in [1.54, 1.807) is 0 Å². The zero-order valence-electron chi connectivity index (χ0n) is 20.1. The molecule has 0 aliphatic carbocycles. The number of amides is 3. The Kier molecular flexibility index (Phi) is 11.6. The van der Waals surface area contributed by atoms with E-state index < -0.39 is 47.9 Å². The van der Waals surface area contributed by atoms with Crippen molar-refractivity contribution in [1.82, 2.24) is 16.0 Å². The van der Waals surface area contributed by atoms with Crippen molar-refractivity contribution in [2.24, 2.45) is 17.6 Å². The first kappa shape index (κ1) is 28.1. The average molecular weight is 463 g/mol. The summed E-state index contributed by atoms with van der Waals surface area (Å²) >= 11 is 0. The predicted octanol–water partition coefficient (Wildman–Crippen LogP) is 1.21. The van der Waals surface area contributed by atoms with Gasteiger partial charge in [-0.3, -0.25) is 14.4 Å². The summed E-state index contributed by atoms with van der Waals surface area (Å²) in [6.07, 6.45) is 0.917. The molecule has 0 fully saturated rings. The number of carboxylic acid groups (broad SMARTS) is 1. The summed E-state index contributed by atoms with van der Waals surface area (Å²) in [7, 11) is 0. The number of hydrogen-bond donors (Lipinski definition) is 5. The largest absolute Gasteiger partial charge is 0.480 e. The van der Waals surface area contributed by atoms with Gasteiger partial charge < -0.3 is 26.8 Å². The summed E-state index contributed by atoms with van der Waals surface area (Å²) in [6.45, 7) is 9.02. The van der Waals surface area contributed by atoms with Crippen LogP contribution in [-0.2, 0) is 25.6 Å². The molecule has 0 saturated heterocycles. The van der Waals surface area contributed by atoms with Crippen molar-refractivity contribution < 1.29 is 24.3 Å². The van der Waals surface area contributed by atoms with Gasteiger partial charge in [0.05, 0.1) is 6.04 Å². The Balaban J connectivity index is 2.74. The Hall–Kier alpha value is -2.94. The van der Waals surface area contributed by atoms with Crippen LogP contribution in [0.25, 0.3) is 0 Å². The molecule has 4 unspecified atom stereocenters. The highest BCUT2D eigenvalue weighted by molar-refractivity contribution is 5.93. The van der Waals surface area contributed by atoms with Crippen LogP contribution in [0.15, 0.2) is 30.3 Å². The van der Waals surface area contributed by atoms with E-state index in [2.05, 4.69) is 16.0 Å². The number of carbonyl (C=O) groups excluding carboxylic acids is 3. The molecule has 9 nitrogen and oxygen atoms in total. The fourth-order valence-electron chi connectivity index (χ4n) is 3.31. The maximum atomic E-state index is 12.8. The highest BCUT2D eigenvalue weighted by Gasteiger charge is 2.29. The number of benzene rings is 1. The molecule has 0 radical (unpaired) electrons. The lowest BCUT2D eigenvalue weighted by Gasteiger charge is -2.25. The van der Waals surface area contributed by atoms with E-state index >= 15 is 0 Å². The third-order valence-corrected chi connectivity index (χ3v) is 5.05. The van der Waals surface area contributed by atoms with Crippen molar-refractivity contribution in [1.29, 1.82) is 0 Å². The van der Waals surface area contributed by atoms with Crippen molar-refractivity contribution in [2.45, 2.75) is 78.0 Å². The standard InChI is InChI=1S/C24H38N4O5/c1-14(2)11-19(23(31)28-20(24(32)33)12-15(3)4)27-21(29)16(5)26-22(30)18(25)13-17-9-7-6-8-10-17/h6-10,14-16,18-20H,11-13,25H2,1-5H3,(H,26,30)(H,27,29)(H,28,31)(H,32,33). The van der Waals surface area contributed by atoms with Crippen molar-refractivity contribution in [3.63, 3.8) is 0 Å². The van der Waals surface area contributed by atoms with Crippen LogP contribution in [0.1, 0.15) is 53.0 Å². The fourth-order valence-corrected chi connectivity index (χ4v) is 3.31. The normalized spacial score (nSPS) is 14.8. The Morgan fingerprint density at radius 1 is 0.788 bits per heavy atom. The van der Waals surface area contributed by atoms with Crippen molar-refractivity contribution in [3.05, 3.63) is 35.9 Å². The molecular formula is C24H38N4O5. The lowest BCUT2D eigenvalue weighted by molar-refractivity contribution is -0.143. The third kappa shape index (κ3) is 10.5. The molecule has 9 heteroatoms. The molecule has 0 aromatic heterocycles. The van der Waals surface area contributed by atoms with Gasteiger partial charge in [0.2, 0.25) is 17.7 Å². The molecule has 1 rings (SSSR count). The first-order valence-corrected chi connectivity index (χ1v) is 11.3. The Morgan fingerprint density at radius 3 is 1.82 bits per heavy atom. The van der Waals surface area contributed by atoms with Crippen molar-refractivity contribution in [3.8, 4) is 0 Å². The van der Waals surface area contributed by atoms with E-state index in [1.807, 2.05) is 58.0 Å². The summed E-state index contributed by atoms with van der Waals surface area (Å²) < 4.78 is 0. The zero-order valence-corrected chi connectivity index (χ0v) is 20.1. The second-order valence-electron chi connectivity index (χ2n) is 9.25. The number of aliphatic carboxylic acids is 1. The van der Waals surface area contributed by atoms with Crippen LogP contribution in [0.2, 0.25) is 0 Å². The van der Waals surface area contributed by atoms with E-state index in [4.69, 9.17) is 5.73 Å². The van der Waals surface area contributed by atoms with Crippen LogP contribution in [0.4, 0.5) is 0 Å². The smallest absolute Gasteiger partial charge is 0.326 e. The lowest BCUT2D eigenvalue weighted by Crippen LogP contribution is -2.56. The maximum absolute atomic E-state index is 12.8. The van der Waals surface area contributed by atoms with Crippen LogP contribution in [0.3, 0.4) is 0 Å². The predicted molar refractivity (Wildman–Crippen MR) is 126 cm³/mol. The molecule has 4 atom stereocenters. The minimum Gasteiger partial charge on any atom is -0.480 e. The monoisotopic (exact) mass is 462 g/mol. The van der Waals surface area contributed by atoms with Gasteiger partial charge in [-0.1, -0.05) is 58.0 Å². The summed E-state index contributed by atoms with van der Waals surface area (Å²) in [5.74, 6) is -2.58. The van der Waals surface area contributed by atoms with E-state index in [0.717, 1.165) is 5.56 Å². The number of carbonyl (C=O) groups is 4. The van der Waals surface area contributed by atoms with Gasteiger partial charge in [-0.15, -0.1) is 0 Å². The van der Waals surface area contributed by atoms with Gasteiger partial charge >= 0.3 is 5.97 Å². The molecule has 33 heavy (non-hydrogen) atoms. The van der Waals surface area contributed by atoms with Gasteiger partial charge in [-0.05, 0) is 43.6 Å². The molecule has 1 aromatic rings. The van der Waals surface area contributed by atoms with Gasteiger partial charge in [0.15, 0.2) is 0 Å². The molecule has 0 saturated carbocycles. The molecule has 0 spiro atoms. The van der Waals surface area contributed by atoms with Gasteiger partial charge in [0.1, 0.15) is 18.1 Å². The number of nitrogens with two attached hydrogens (primary N) is 1. The summed E-state index contributed by atoms with van der Waals surface area (Å²) in [5.41, 5.74) is 6.88. The molecule has 0 heterocycles. The Labute approximate surface area is 195 Å². The number of rotatable bonds is 13. The summed E-state index contributed by atoms with van der Waals surface area (Å²) in [6, 6.07) is 5.58. The van der Waals surface area contributed by atoms with Crippen LogP contribution in [0, 0.1) is 11.8 Å². The van der Waals surface area contributed by atoms with Gasteiger partial charge in [-0.25, -0.2) is 4.79 Å².